The zero-order chi connectivity index (χ0) is 8.84. The van der Waals surface area contributed by atoms with Gasteiger partial charge in [-0.05, 0) is 19.3 Å². The van der Waals surface area contributed by atoms with E-state index >= 15 is 0 Å². The van der Waals surface area contributed by atoms with Crippen LogP contribution in [0.5, 0.6) is 0 Å². The van der Waals surface area contributed by atoms with E-state index in [1.165, 1.54) is 24.4 Å². The highest BCUT2D eigenvalue weighted by Crippen LogP contribution is 2.39. The van der Waals surface area contributed by atoms with E-state index in [4.69, 9.17) is 0 Å². The van der Waals surface area contributed by atoms with Crippen LogP contribution in [-0.2, 0) is 13.0 Å². The Hall–Kier alpha value is -0.830. The Morgan fingerprint density at radius 2 is 2.23 bits per heavy atom. The van der Waals surface area contributed by atoms with Gasteiger partial charge in [-0.25, -0.2) is 4.98 Å². The van der Waals surface area contributed by atoms with Crippen LogP contribution in [0.3, 0.4) is 0 Å². The predicted molar refractivity (Wildman–Crippen MR) is 48.5 cm³/mol. The summed E-state index contributed by atoms with van der Waals surface area (Å²) in [5, 5.41) is 9.47. The van der Waals surface area contributed by atoms with Crippen LogP contribution in [0.2, 0.25) is 0 Å². The molecule has 3 nitrogen and oxygen atoms in total. The van der Waals surface area contributed by atoms with Crippen LogP contribution in [0, 0.1) is 0 Å². The summed E-state index contributed by atoms with van der Waals surface area (Å²) in [5.41, 5.74) is 1.25. The number of aryl methyl sites for hydroxylation is 1. The van der Waals surface area contributed by atoms with Gasteiger partial charge >= 0.3 is 0 Å². The first-order chi connectivity index (χ1) is 6.33. The summed E-state index contributed by atoms with van der Waals surface area (Å²) in [6, 6.07) is 0. The van der Waals surface area contributed by atoms with Crippen LogP contribution in [0.15, 0.2) is 6.20 Å². The van der Waals surface area contributed by atoms with E-state index in [-0.39, 0.29) is 6.10 Å². The number of hydrogen-bond acceptors (Lipinski definition) is 2. The van der Waals surface area contributed by atoms with E-state index in [1.54, 1.807) is 0 Å². The van der Waals surface area contributed by atoms with Crippen molar-refractivity contribution in [3.8, 4) is 0 Å². The van der Waals surface area contributed by atoms with E-state index in [0.29, 0.717) is 0 Å². The third-order valence-electron chi connectivity index (χ3n) is 2.98. The second-order valence-corrected chi connectivity index (χ2v) is 4.20. The van der Waals surface area contributed by atoms with Crippen molar-refractivity contribution < 1.29 is 5.11 Å². The van der Waals surface area contributed by atoms with Crippen molar-refractivity contribution in [2.75, 3.05) is 0 Å². The third kappa shape index (κ3) is 1.27. The van der Waals surface area contributed by atoms with Crippen molar-refractivity contribution in [1.82, 2.24) is 9.55 Å². The van der Waals surface area contributed by atoms with Crippen LogP contribution in [0.1, 0.15) is 36.7 Å². The van der Waals surface area contributed by atoms with Crippen molar-refractivity contribution in [3.05, 3.63) is 17.7 Å². The SMILES string of the molecule is OC1CCc2nc(C3CC3)cn2C1. The molecule has 0 spiro atoms. The van der Waals surface area contributed by atoms with Crippen molar-refractivity contribution >= 4 is 0 Å². The molecule has 1 saturated carbocycles. The smallest absolute Gasteiger partial charge is 0.109 e. The lowest BCUT2D eigenvalue weighted by Crippen LogP contribution is -2.23. The monoisotopic (exact) mass is 178 g/mol. The minimum absolute atomic E-state index is 0.159. The maximum absolute atomic E-state index is 9.47. The maximum atomic E-state index is 9.47. The summed E-state index contributed by atoms with van der Waals surface area (Å²) >= 11 is 0. The summed E-state index contributed by atoms with van der Waals surface area (Å²) in [7, 11) is 0. The molecule has 2 aliphatic rings. The van der Waals surface area contributed by atoms with Crippen LogP contribution >= 0.6 is 0 Å². The van der Waals surface area contributed by atoms with E-state index in [2.05, 4.69) is 15.7 Å². The number of aliphatic hydroxyl groups is 1. The molecule has 1 N–H and O–H groups in total. The van der Waals surface area contributed by atoms with E-state index in [0.717, 1.165) is 25.3 Å². The van der Waals surface area contributed by atoms with Crippen LogP contribution in [0.25, 0.3) is 0 Å². The average Bonchev–Trinajstić information content (AvgIpc) is 2.87. The van der Waals surface area contributed by atoms with Gasteiger partial charge in [-0.3, -0.25) is 0 Å². The van der Waals surface area contributed by atoms with Gasteiger partial charge in [-0.15, -0.1) is 0 Å². The topological polar surface area (TPSA) is 38.1 Å². The van der Waals surface area contributed by atoms with Crippen LogP contribution in [-0.4, -0.2) is 20.8 Å². The van der Waals surface area contributed by atoms with Gasteiger partial charge in [-0.2, -0.15) is 0 Å². The first kappa shape index (κ1) is 7.56. The van der Waals surface area contributed by atoms with Gasteiger partial charge in [0.05, 0.1) is 11.8 Å². The maximum Gasteiger partial charge on any atom is 0.109 e. The molecule has 1 atom stereocenters. The van der Waals surface area contributed by atoms with Gasteiger partial charge in [-0.1, -0.05) is 0 Å². The number of nitrogens with zero attached hydrogens (tertiary/aromatic N) is 2. The molecule has 3 rings (SSSR count). The number of aromatic nitrogens is 2. The second kappa shape index (κ2) is 2.58. The fourth-order valence-electron chi connectivity index (χ4n) is 2.02. The molecule has 0 saturated heterocycles. The lowest BCUT2D eigenvalue weighted by atomic mass is 10.1. The highest BCUT2D eigenvalue weighted by atomic mass is 16.3. The lowest BCUT2D eigenvalue weighted by Gasteiger charge is -2.18. The predicted octanol–water partition coefficient (Wildman–Crippen LogP) is 1.07. The van der Waals surface area contributed by atoms with Gasteiger partial charge in [0.25, 0.3) is 0 Å². The highest BCUT2D eigenvalue weighted by Gasteiger charge is 2.28. The van der Waals surface area contributed by atoms with Crippen molar-refractivity contribution in [3.63, 3.8) is 0 Å². The Morgan fingerprint density at radius 3 is 3.00 bits per heavy atom. The molecule has 1 aromatic rings. The molecule has 70 valence electrons. The summed E-state index contributed by atoms with van der Waals surface area (Å²) in [6.07, 6.45) is 6.40. The molecule has 1 aliphatic carbocycles. The van der Waals surface area contributed by atoms with Gasteiger partial charge in [0, 0.05) is 25.1 Å². The molecule has 1 aliphatic heterocycles. The first-order valence-electron chi connectivity index (χ1n) is 5.07. The molecule has 1 unspecified atom stereocenters. The second-order valence-electron chi connectivity index (χ2n) is 4.20. The zero-order valence-corrected chi connectivity index (χ0v) is 7.61. The molecule has 13 heavy (non-hydrogen) atoms. The first-order valence-corrected chi connectivity index (χ1v) is 5.07. The summed E-state index contributed by atoms with van der Waals surface area (Å²) < 4.78 is 2.13. The van der Waals surface area contributed by atoms with Crippen molar-refractivity contribution in [1.29, 1.82) is 0 Å². The molecular weight excluding hydrogens is 164 g/mol. The minimum atomic E-state index is -0.159. The molecule has 0 radical (unpaired) electrons. The van der Waals surface area contributed by atoms with Crippen molar-refractivity contribution in [2.24, 2.45) is 0 Å². The largest absolute Gasteiger partial charge is 0.391 e. The fourth-order valence-corrected chi connectivity index (χ4v) is 2.02. The molecular formula is C10H14N2O. The Labute approximate surface area is 77.4 Å². The summed E-state index contributed by atoms with van der Waals surface area (Å²) in [4.78, 5) is 4.60. The number of fused-ring (bicyclic) bond motifs is 1. The van der Waals surface area contributed by atoms with Crippen molar-refractivity contribution in [2.45, 2.75) is 44.2 Å². The number of rotatable bonds is 1. The van der Waals surface area contributed by atoms with Crippen LogP contribution in [0.4, 0.5) is 0 Å². The number of imidazole rings is 1. The highest BCUT2D eigenvalue weighted by molar-refractivity contribution is 5.16. The fraction of sp³-hybridized carbons (Fsp3) is 0.700. The lowest BCUT2D eigenvalue weighted by molar-refractivity contribution is 0.130. The molecule has 1 fully saturated rings. The third-order valence-corrected chi connectivity index (χ3v) is 2.98. The quantitative estimate of drug-likeness (QED) is 0.698. The number of hydrogen-bond donors (Lipinski definition) is 1. The number of aliphatic hydroxyl groups excluding tert-OH is 1. The van der Waals surface area contributed by atoms with Gasteiger partial charge in [0.2, 0.25) is 0 Å². The molecule has 0 aromatic carbocycles. The Kier molecular flexibility index (Phi) is 1.50. The molecule has 0 bridgehead atoms. The van der Waals surface area contributed by atoms with E-state index in [1.807, 2.05) is 0 Å². The van der Waals surface area contributed by atoms with Gasteiger partial charge < -0.3 is 9.67 Å². The van der Waals surface area contributed by atoms with Gasteiger partial charge in [0.15, 0.2) is 0 Å². The standard InChI is InChI=1S/C10H14N2O/c13-8-3-4-10-11-9(7-1-2-7)6-12(10)5-8/h6-8,13H,1-5H2. The Balaban J connectivity index is 1.93. The summed E-state index contributed by atoms with van der Waals surface area (Å²) in [5.74, 6) is 1.91. The Morgan fingerprint density at radius 1 is 1.38 bits per heavy atom. The molecule has 3 heteroatoms. The molecule has 1 aromatic heterocycles. The molecule has 0 amide bonds. The Bertz CT molecular complexity index is 328. The summed E-state index contributed by atoms with van der Waals surface area (Å²) in [6.45, 7) is 0.745. The normalized spacial score (nSPS) is 27.3. The zero-order valence-electron chi connectivity index (χ0n) is 7.61. The van der Waals surface area contributed by atoms with E-state index < -0.39 is 0 Å². The minimum Gasteiger partial charge on any atom is -0.391 e. The van der Waals surface area contributed by atoms with Gasteiger partial charge in [0.1, 0.15) is 5.82 Å². The average molecular weight is 178 g/mol. The van der Waals surface area contributed by atoms with E-state index in [9.17, 15) is 5.11 Å². The van der Waals surface area contributed by atoms with Crippen LogP contribution < -0.4 is 0 Å². The molecule has 2 heterocycles.